The standard InChI is InChI=1S/C17H26N4O/c1-11(2)10-15(19-16(22)9-8-12(3)18)17-20-13-6-4-5-7-14(13)21-17/h4-7,11-12,15H,8-10,18H2,1-3H3,(H,19,22)(H,20,21). The average Bonchev–Trinajstić information content (AvgIpc) is 2.87. The Balaban J connectivity index is 2.13. The van der Waals surface area contributed by atoms with E-state index in [4.69, 9.17) is 5.73 Å². The monoisotopic (exact) mass is 302 g/mol. The highest BCUT2D eigenvalue weighted by molar-refractivity contribution is 5.77. The number of aromatic amines is 1. The lowest BCUT2D eigenvalue weighted by Crippen LogP contribution is -2.31. The molecule has 1 aromatic heterocycles. The van der Waals surface area contributed by atoms with Crippen molar-refractivity contribution in [3.05, 3.63) is 30.1 Å². The number of H-pyrrole nitrogens is 1. The van der Waals surface area contributed by atoms with Crippen LogP contribution in [0.15, 0.2) is 24.3 Å². The molecule has 1 heterocycles. The largest absolute Gasteiger partial charge is 0.346 e. The van der Waals surface area contributed by atoms with E-state index in [-0.39, 0.29) is 18.0 Å². The zero-order chi connectivity index (χ0) is 16.1. The summed E-state index contributed by atoms with van der Waals surface area (Å²) in [5.74, 6) is 1.32. The first-order valence-corrected chi connectivity index (χ1v) is 7.95. The molecule has 2 atom stereocenters. The summed E-state index contributed by atoms with van der Waals surface area (Å²) >= 11 is 0. The fourth-order valence-corrected chi connectivity index (χ4v) is 2.47. The van der Waals surface area contributed by atoms with Gasteiger partial charge in [0.2, 0.25) is 5.91 Å². The fraction of sp³-hybridized carbons (Fsp3) is 0.529. The van der Waals surface area contributed by atoms with Gasteiger partial charge in [0, 0.05) is 12.5 Å². The number of rotatable bonds is 7. The first-order chi connectivity index (χ1) is 10.5. The van der Waals surface area contributed by atoms with Crippen LogP contribution in [0.2, 0.25) is 0 Å². The molecule has 2 rings (SSSR count). The minimum Gasteiger partial charge on any atom is -0.346 e. The second-order valence-electron chi connectivity index (χ2n) is 6.40. The van der Waals surface area contributed by atoms with E-state index in [1.165, 1.54) is 0 Å². The van der Waals surface area contributed by atoms with Crippen LogP contribution >= 0.6 is 0 Å². The second kappa shape index (κ2) is 7.40. The van der Waals surface area contributed by atoms with Crippen LogP contribution in [0, 0.1) is 5.92 Å². The van der Waals surface area contributed by atoms with Crippen LogP contribution in [0.4, 0.5) is 0 Å². The molecule has 0 fully saturated rings. The van der Waals surface area contributed by atoms with Crippen LogP contribution in [0.25, 0.3) is 11.0 Å². The summed E-state index contributed by atoms with van der Waals surface area (Å²) in [6, 6.07) is 7.86. The van der Waals surface area contributed by atoms with Crippen molar-refractivity contribution in [1.82, 2.24) is 15.3 Å². The van der Waals surface area contributed by atoms with Crippen LogP contribution in [-0.4, -0.2) is 21.9 Å². The van der Waals surface area contributed by atoms with Crippen molar-refractivity contribution in [2.75, 3.05) is 0 Å². The molecule has 5 nitrogen and oxygen atoms in total. The third kappa shape index (κ3) is 4.56. The van der Waals surface area contributed by atoms with Gasteiger partial charge in [-0.2, -0.15) is 0 Å². The van der Waals surface area contributed by atoms with Crippen molar-refractivity contribution < 1.29 is 4.79 Å². The third-order valence-electron chi connectivity index (χ3n) is 3.61. The minimum atomic E-state index is -0.0898. The number of hydrogen-bond donors (Lipinski definition) is 3. The molecule has 0 aliphatic rings. The minimum absolute atomic E-state index is 0.0309. The summed E-state index contributed by atoms with van der Waals surface area (Å²) in [6.07, 6.45) is 2.00. The number of para-hydroxylation sites is 2. The molecule has 1 aromatic carbocycles. The zero-order valence-corrected chi connectivity index (χ0v) is 13.6. The van der Waals surface area contributed by atoms with Crippen molar-refractivity contribution in [3.63, 3.8) is 0 Å². The maximum atomic E-state index is 12.1. The average molecular weight is 302 g/mol. The summed E-state index contributed by atoms with van der Waals surface area (Å²) in [6.45, 7) is 6.20. The summed E-state index contributed by atoms with van der Waals surface area (Å²) in [4.78, 5) is 20.1. The number of carbonyl (C=O) groups is 1. The lowest BCUT2D eigenvalue weighted by Gasteiger charge is -2.19. The lowest BCUT2D eigenvalue weighted by atomic mass is 10.0. The molecule has 0 bridgehead atoms. The molecule has 1 amide bonds. The van der Waals surface area contributed by atoms with Gasteiger partial charge in [-0.15, -0.1) is 0 Å². The maximum Gasteiger partial charge on any atom is 0.220 e. The third-order valence-corrected chi connectivity index (χ3v) is 3.61. The van der Waals surface area contributed by atoms with E-state index in [0.29, 0.717) is 18.8 Å². The van der Waals surface area contributed by atoms with Crippen molar-refractivity contribution in [3.8, 4) is 0 Å². The Bertz CT molecular complexity index is 585. The van der Waals surface area contributed by atoms with E-state index in [2.05, 4.69) is 29.1 Å². The molecule has 2 unspecified atom stereocenters. The smallest absolute Gasteiger partial charge is 0.220 e. The van der Waals surface area contributed by atoms with Crippen LogP contribution in [0.5, 0.6) is 0 Å². The number of hydrogen-bond acceptors (Lipinski definition) is 3. The van der Waals surface area contributed by atoms with Crippen molar-refractivity contribution >= 4 is 16.9 Å². The highest BCUT2D eigenvalue weighted by Crippen LogP contribution is 2.22. The Morgan fingerprint density at radius 1 is 1.32 bits per heavy atom. The molecule has 120 valence electrons. The van der Waals surface area contributed by atoms with Crippen molar-refractivity contribution in [2.24, 2.45) is 11.7 Å². The van der Waals surface area contributed by atoms with Crippen LogP contribution in [0.3, 0.4) is 0 Å². The van der Waals surface area contributed by atoms with Gasteiger partial charge in [-0.1, -0.05) is 26.0 Å². The summed E-state index contributed by atoms with van der Waals surface area (Å²) < 4.78 is 0. The number of aromatic nitrogens is 2. The summed E-state index contributed by atoms with van der Waals surface area (Å²) in [5.41, 5.74) is 7.64. The Labute approximate surface area is 131 Å². The van der Waals surface area contributed by atoms with Gasteiger partial charge in [-0.3, -0.25) is 4.79 Å². The molecule has 0 saturated heterocycles. The number of carbonyl (C=O) groups excluding carboxylic acids is 1. The van der Waals surface area contributed by atoms with E-state index in [1.54, 1.807) is 0 Å². The van der Waals surface area contributed by atoms with Gasteiger partial charge >= 0.3 is 0 Å². The SMILES string of the molecule is CC(C)CC(NC(=O)CCC(C)N)c1nc2ccccc2[nH]1. The lowest BCUT2D eigenvalue weighted by molar-refractivity contribution is -0.122. The molecule has 5 heteroatoms. The van der Waals surface area contributed by atoms with Gasteiger partial charge in [0.25, 0.3) is 0 Å². The highest BCUT2D eigenvalue weighted by Gasteiger charge is 2.19. The van der Waals surface area contributed by atoms with E-state index in [1.807, 2.05) is 31.2 Å². The second-order valence-corrected chi connectivity index (χ2v) is 6.40. The molecule has 0 aliphatic carbocycles. The van der Waals surface area contributed by atoms with Crippen LogP contribution in [-0.2, 0) is 4.79 Å². The number of fused-ring (bicyclic) bond motifs is 1. The summed E-state index contributed by atoms with van der Waals surface area (Å²) in [5, 5.41) is 3.09. The maximum absolute atomic E-state index is 12.1. The van der Waals surface area contributed by atoms with Crippen LogP contribution in [0.1, 0.15) is 51.9 Å². The Hall–Kier alpha value is -1.88. The predicted octanol–water partition coefficient (Wildman–Crippen LogP) is 2.89. The highest BCUT2D eigenvalue weighted by atomic mass is 16.1. The van der Waals surface area contributed by atoms with Gasteiger partial charge in [0.05, 0.1) is 17.1 Å². The first kappa shape index (κ1) is 16.5. The molecule has 0 saturated carbocycles. The van der Waals surface area contributed by atoms with Gasteiger partial charge in [-0.05, 0) is 37.8 Å². The van der Waals surface area contributed by atoms with E-state index in [9.17, 15) is 4.79 Å². The summed E-state index contributed by atoms with van der Waals surface area (Å²) in [7, 11) is 0. The fourth-order valence-electron chi connectivity index (χ4n) is 2.47. The number of amides is 1. The van der Waals surface area contributed by atoms with E-state index in [0.717, 1.165) is 23.3 Å². The molecule has 22 heavy (non-hydrogen) atoms. The number of benzene rings is 1. The van der Waals surface area contributed by atoms with Crippen LogP contribution < -0.4 is 11.1 Å². The van der Waals surface area contributed by atoms with Gasteiger partial charge < -0.3 is 16.0 Å². The Morgan fingerprint density at radius 2 is 2.05 bits per heavy atom. The molecule has 4 N–H and O–H groups in total. The topological polar surface area (TPSA) is 83.8 Å². The van der Waals surface area contributed by atoms with Gasteiger partial charge in [0.15, 0.2) is 0 Å². The Kier molecular flexibility index (Phi) is 5.55. The predicted molar refractivity (Wildman–Crippen MR) is 89.3 cm³/mol. The number of nitrogens with one attached hydrogen (secondary N) is 2. The normalized spacial score (nSPS) is 14.2. The molecule has 0 aliphatic heterocycles. The molecular formula is C17H26N4O. The van der Waals surface area contributed by atoms with Gasteiger partial charge in [-0.25, -0.2) is 4.98 Å². The molecular weight excluding hydrogens is 276 g/mol. The molecule has 0 radical (unpaired) electrons. The Morgan fingerprint density at radius 3 is 2.68 bits per heavy atom. The van der Waals surface area contributed by atoms with E-state index >= 15 is 0 Å². The van der Waals surface area contributed by atoms with Crippen molar-refractivity contribution in [1.29, 1.82) is 0 Å². The quantitative estimate of drug-likeness (QED) is 0.735. The molecule has 2 aromatic rings. The van der Waals surface area contributed by atoms with E-state index < -0.39 is 0 Å². The van der Waals surface area contributed by atoms with Gasteiger partial charge in [0.1, 0.15) is 5.82 Å². The number of nitrogens with two attached hydrogens (primary N) is 1. The van der Waals surface area contributed by atoms with Crippen molar-refractivity contribution in [2.45, 2.75) is 52.1 Å². The molecule has 0 spiro atoms. The zero-order valence-electron chi connectivity index (χ0n) is 13.6. The number of nitrogens with zero attached hydrogens (tertiary/aromatic N) is 1. The first-order valence-electron chi connectivity index (χ1n) is 7.95. The number of imidazole rings is 1.